The van der Waals surface area contributed by atoms with Crippen molar-refractivity contribution in [3.8, 4) is 11.5 Å². The topological polar surface area (TPSA) is 84.9 Å². The first kappa shape index (κ1) is 19.9. The van der Waals surface area contributed by atoms with Crippen molar-refractivity contribution in [3.05, 3.63) is 58.7 Å². The largest absolute Gasteiger partial charge is 0.486 e. The Kier molecular flexibility index (Phi) is 5.44. The number of fused-ring (bicyclic) bond motifs is 2. The molecule has 156 valence electrons. The molecule has 7 nitrogen and oxygen atoms in total. The second-order valence-electron chi connectivity index (χ2n) is 7.49. The van der Waals surface area contributed by atoms with Gasteiger partial charge in [-0.3, -0.25) is 19.3 Å². The molecule has 2 aliphatic heterocycles. The maximum Gasteiger partial charge on any atom is 0.261 e. The van der Waals surface area contributed by atoms with E-state index in [-0.39, 0.29) is 36.7 Å². The van der Waals surface area contributed by atoms with Crippen molar-refractivity contribution >= 4 is 17.7 Å². The summed E-state index contributed by atoms with van der Waals surface area (Å²) in [5.74, 6) is 0.469. The third kappa shape index (κ3) is 3.75. The fourth-order valence-corrected chi connectivity index (χ4v) is 3.79. The average Bonchev–Trinajstić information content (AvgIpc) is 2.99. The summed E-state index contributed by atoms with van der Waals surface area (Å²) in [7, 11) is 0. The molecular formula is C23H24N2O5. The first-order chi connectivity index (χ1) is 14.5. The Hall–Kier alpha value is -3.35. The predicted octanol–water partition coefficient (Wildman–Crippen LogP) is 3.02. The van der Waals surface area contributed by atoms with Gasteiger partial charge in [-0.05, 0) is 43.2 Å². The van der Waals surface area contributed by atoms with Crippen LogP contribution in [0.15, 0.2) is 36.4 Å². The second-order valence-corrected chi connectivity index (χ2v) is 7.49. The van der Waals surface area contributed by atoms with Gasteiger partial charge in [-0.1, -0.05) is 24.6 Å². The van der Waals surface area contributed by atoms with E-state index in [4.69, 9.17) is 9.47 Å². The Bertz CT molecular complexity index is 1020. The van der Waals surface area contributed by atoms with Crippen LogP contribution in [0.5, 0.6) is 11.5 Å². The van der Waals surface area contributed by atoms with Gasteiger partial charge in [0.25, 0.3) is 11.8 Å². The Labute approximate surface area is 175 Å². The second kappa shape index (κ2) is 8.18. The summed E-state index contributed by atoms with van der Waals surface area (Å²) in [5.41, 5.74) is 2.64. The van der Waals surface area contributed by atoms with Gasteiger partial charge in [0.1, 0.15) is 13.2 Å². The van der Waals surface area contributed by atoms with E-state index < -0.39 is 0 Å². The van der Waals surface area contributed by atoms with Crippen molar-refractivity contribution < 1.29 is 23.9 Å². The minimum Gasteiger partial charge on any atom is -0.486 e. The molecule has 2 aliphatic rings. The molecule has 0 saturated carbocycles. The minimum absolute atomic E-state index is 0.0471. The average molecular weight is 408 g/mol. The Balaban J connectivity index is 1.38. The zero-order valence-electron chi connectivity index (χ0n) is 17.1. The van der Waals surface area contributed by atoms with Crippen molar-refractivity contribution in [2.75, 3.05) is 19.8 Å². The molecule has 0 aliphatic carbocycles. The van der Waals surface area contributed by atoms with Gasteiger partial charge in [0.15, 0.2) is 11.5 Å². The fourth-order valence-electron chi connectivity index (χ4n) is 3.79. The molecule has 4 rings (SSSR count). The molecule has 2 heterocycles. The first-order valence-corrected chi connectivity index (χ1v) is 10.1. The molecule has 0 spiro atoms. The predicted molar refractivity (Wildman–Crippen MR) is 110 cm³/mol. The number of amides is 3. The van der Waals surface area contributed by atoms with E-state index in [0.717, 1.165) is 16.0 Å². The molecule has 30 heavy (non-hydrogen) atoms. The molecule has 3 amide bonds. The number of rotatable bonds is 6. The van der Waals surface area contributed by atoms with E-state index in [1.807, 2.05) is 32.0 Å². The molecule has 7 heteroatoms. The fraction of sp³-hybridized carbons (Fsp3) is 0.348. The van der Waals surface area contributed by atoms with E-state index >= 15 is 0 Å². The van der Waals surface area contributed by atoms with E-state index in [1.54, 1.807) is 18.2 Å². The molecule has 2 aromatic carbocycles. The Morgan fingerprint density at radius 2 is 1.77 bits per heavy atom. The standard InChI is InChI=1S/C23H24N2O5/c1-3-18(15-5-7-19-20(13-15)30-11-10-29-19)24-21(26)8-9-25-22(27)16-6-4-14(2)12-17(16)23(25)28/h4-7,12-13,18H,3,8-11H2,1-2H3,(H,24,26). The van der Waals surface area contributed by atoms with Crippen LogP contribution in [0.4, 0.5) is 0 Å². The Morgan fingerprint density at radius 3 is 2.53 bits per heavy atom. The minimum atomic E-state index is -0.346. The summed E-state index contributed by atoms with van der Waals surface area (Å²) >= 11 is 0. The third-order valence-electron chi connectivity index (χ3n) is 5.40. The summed E-state index contributed by atoms with van der Waals surface area (Å²) < 4.78 is 11.2. The number of nitrogens with one attached hydrogen (secondary N) is 1. The molecule has 0 fully saturated rings. The quantitative estimate of drug-likeness (QED) is 0.743. The lowest BCUT2D eigenvalue weighted by Gasteiger charge is -2.22. The monoisotopic (exact) mass is 408 g/mol. The van der Waals surface area contributed by atoms with E-state index in [2.05, 4.69) is 5.32 Å². The first-order valence-electron chi connectivity index (χ1n) is 10.1. The molecule has 0 radical (unpaired) electrons. The van der Waals surface area contributed by atoms with Crippen LogP contribution in [-0.2, 0) is 4.79 Å². The van der Waals surface area contributed by atoms with Gasteiger partial charge in [-0.15, -0.1) is 0 Å². The van der Waals surface area contributed by atoms with Crippen LogP contribution in [0, 0.1) is 6.92 Å². The van der Waals surface area contributed by atoms with Gasteiger partial charge in [0, 0.05) is 13.0 Å². The number of nitrogens with zero attached hydrogens (tertiary/aromatic N) is 1. The number of carbonyl (C=O) groups is 3. The highest BCUT2D eigenvalue weighted by atomic mass is 16.6. The van der Waals surface area contributed by atoms with Gasteiger partial charge in [0.2, 0.25) is 5.91 Å². The van der Waals surface area contributed by atoms with Gasteiger partial charge >= 0.3 is 0 Å². The van der Waals surface area contributed by atoms with E-state index in [1.165, 1.54) is 0 Å². The van der Waals surface area contributed by atoms with Crippen LogP contribution >= 0.6 is 0 Å². The highest BCUT2D eigenvalue weighted by Crippen LogP contribution is 2.33. The molecule has 1 atom stereocenters. The number of aryl methyl sites for hydroxylation is 1. The zero-order chi connectivity index (χ0) is 21.3. The normalized spacial score (nSPS) is 15.7. The van der Waals surface area contributed by atoms with Gasteiger partial charge < -0.3 is 14.8 Å². The highest BCUT2D eigenvalue weighted by Gasteiger charge is 2.35. The lowest BCUT2D eigenvalue weighted by molar-refractivity contribution is -0.122. The number of benzene rings is 2. The molecule has 0 bridgehead atoms. The Morgan fingerprint density at radius 1 is 1.03 bits per heavy atom. The lowest BCUT2D eigenvalue weighted by atomic mass is 10.0. The molecule has 0 aromatic heterocycles. The molecule has 2 aromatic rings. The van der Waals surface area contributed by atoms with Gasteiger partial charge in [-0.2, -0.15) is 0 Å². The third-order valence-corrected chi connectivity index (χ3v) is 5.40. The molecular weight excluding hydrogens is 384 g/mol. The highest BCUT2D eigenvalue weighted by molar-refractivity contribution is 6.21. The summed E-state index contributed by atoms with van der Waals surface area (Å²) in [6.45, 7) is 4.93. The molecule has 1 N–H and O–H groups in total. The SMILES string of the molecule is CCC(NC(=O)CCN1C(=O)c2ccc(C)cc2C1=O)c1ccc2c(c1)OCCO2. The van der Waals surface area contributed by atoms with Crippen LogP contribution in [0.3, 0.4) is 0 Å². The van der Waals surface area contributed by atoms with Crippen LogP contribution in [0.2, 0.25) is 0 Å². The number of imide groups is 1. The van der Waals surface area contributed by atoms with E-state index in [0.29, 0.717) is 42.3 Å². The summed E-state index contributed by atoms with van der Waals surface area (Å²) in [5, 5.41) is 2.99. The number of ether oxygens (including phenoxy) is 2. The van der Waals surface area contributed by atoms with Crippen molar-refractivity contribution in [1.29, 1.82) is 0 Å². The summed E-state index contributed by atoms with van der Waals surface area (Å²) in [4.78, 5) is 38.8. The van der Waals surface area contributed by atoms with E-state index in [9.17, 15) is 14.4 Å². The zero-order valence-corrected chi connectivity index (χ0v) is 17.1. The van der Waals surface area contributed by atoms with Crippen molar-refractivity contribution in [2.45, 2.75) is 32.7 Å². The number of carbonyl (C=O) groups excluding carboxylic acids is 3. The van der Waals surface area contributed by atoms with Crippen LogP contribution in [0.1, 0.15) is 57.7 Å². The van der Waals surface area contributed by atoms with Crippen LogP contribution < -0.4 is 14.8 Å². The maximum absolute atomic E-state index is 12.6. The van der Waals surface area contributed by atoms with Gasteiger partial charge in [0.05, 0.1) is 17.2 Å². The van der Waals surface area contributed by atoms with Crippen LogP contribution in [0.25, 0.3) is 0 Å². The number of hydrogen-bond acceptors (Lipinski definition) is 5. The molecule has 0 saturated heterocycles. The number of hydrogen-bond donors (Lipinski definition) is 1. The van der Waals surface area contributed by atoms with Crippen LogP contribution in [-0.4, -0.2) is 42.4 Å². The molecule has 1 unspecified atom stereocenters. The lowest BCUT2D eigenvalue weighted by Crippen LogP contribution is -2.35. The smallest absolute Gasteiger partial charge is 0.261 e. The van der Waals surface area contributed by atoms with Gasteiger partial charge in [-0.25, -0.2) is 0 Å². The maximum atomic E-state index is 12.6. The summed E-state index contributed by atoms with van der Waals surface area (Å²) in [6, 6.07) is 10.6. The summed E-state index contributed by atoms with van der Waals surface area (Å²) in [6.07, 6.45) is 0.739. The van der Waals surface area contributed by atoms with Crippen molar-refractivity contribution in [3.63, 3.8) is 0 Å². The van der Waals surface area contributed by atoms with Crippen molar-refractivity contribution in [2.24, 2.45) is 0 Å². The van der Waals surface area contributed by atoms with Crippen molar-refractivity contribution in [1.82, 2.24) is 10.2 Å².